The fraction of sp³-hybridized carbons (Fsp3) is 0.900. The van der Waals surface area contributed by atoms with Crippen molar-refractivity contribution in [1.82, 2.24) is 9.80 Å². The van der Waals surface area contributed by atoms with Gasteiger partial charge in [0.2, 0.25) is 0 Å². The van der Waals surface area contributed by atoms with Crippen LogP contribution < -0.4 is 0 Å². The molecular formula is C10H20N2OS. The van der Waals surface area contributed by atoms with E-state index in [9.17, 15) is 4.79 Å². The minimum absolute atomic E-state index is 0.0516. The van der Waals surface area contributed by atoms with Crippen molar-refractivity contribution in [2.24, 2.45) is 0 Å². The van der Waals surface area contributed by atoms with Gasteiger partial charge in [-0.3, -0.25) is 0 Å². The largest absolute Gasteiger partial charge is 0.321 e. The molecular weight excluding hydrogens is 196 g/mol. The Balaban J connectivity index is 2.69. The van der Waals surface area contributed by atoms with Crippen LogP contribution in [-0.2, 0) is 0 Å². The van der Waals surface area contributed by atoms with E-state index in [1.807, 2.05) is 16.1 Å². The van der Waals surface area contributed by atoms with Crippen molar-refractivity contribution in [3.05, 3.63) is 0 Å². The van der Waals surface area contributed by atoms with Crippen LogP contribution in [0.5, 0.6) is 0 Å². The maximum Gasteiger partial charge on any atom is 0.321 e. The smallest absolute Gasteiger partial charge is 0.318 e. The third-order valence-corrected chi connectivity index (χ3v) is 3.57. The highest BCUT2D eigenvalue weighted by Crippen LogP contribution is 2.24. The van der Waals surface area contributed by atoms with E-state index in [4.69, 9.17) is 0 Å². The SMILES string of the molecule is CSC(C)N1CCN(C(C)(C)C)C1=O. The Morgan fingerprint density at radius 1 is 1.36 bits per heavy atom. The average molecular weight is 216 g/mol. The molecule has 4 heteroatoms. The molecule has 1 fully saturated rings. The quantitative estimate of drug-likeness (QED) is 0.706. The molecule has 1 aliphatic heterocycles. The lowest BCUT2D eigenvalue weighted by Crippen LogP contribution is -2.45. The van der Waals surface area contributed by atoms with Crippen LogP contribution in [0.15, 0.2) is 0 Å². The van der Waals surface area contributed by atoms with E-state index in [-0.39, 0.29) is 16.9 Å². The molecule has 1 unspecified atom stereocenters. The van der Waals surface area contributed by atoms with Gasteiger partial charge in [0.25, 0.3) is 0 Å². The molecule has 82 valence electrons. The van der Waals surface area contributed by atoms with Crippen LogP contribution in [0.4, 0.5) is 4.79 Å². The Kier molecular flexibility index (Phi) is 3.35. The molecule has 0 aliphatic carbocycles. The summed E-state index contributed by atoms with van der Waals surface area (Å²) in [5.74, 6) is 0. The first-order valence-corrected chi connectivity index (χ1v) is 6.27. The van der Waals surface area contributed by atoms with Gasteiger partial charge in [0.05, 0.1) is 5.37 Å². The third kappa shape index (κ3) is 2.16. The monoisotopic (exact) mass is 216 g/mol. The van der Waals surface area contributed by atoms with Gasteiger partial charge < -0.3 is 9.80 Å². The minimum atomic E-state index is -0.0516. The molecule has 0 N–H and O–H groups in total. The van der Waals surface area contributed by atoms with Gasteiger partial charge in [-0.1, -0.05) is 0 Å². The van der Waals surface area contributed by atoms with Crippen molar-refractivity contribution in [2.75, 3.05) is 19.3 Å². The predicted octanol–water partition coefficient (Wildman–Crippen LogP) is 2.23. The Morgan fingerprint density at radius 3 is 2.29 bits per heavy atom. The second-order valence-electron chi connectivity index (χ2n) is 4.63. The number of rotatable bonds is 2. The number of carbonyl (C=O) groups excluding carboxylic acids is 1. The number of thioether (sulfide) groups is 1. The van der Waals surface area contributed by atoms with Crippen molar-refractivity contribution in [1.29, 1.82) is 0 Å². The van der Waals surface area contributed by atoms with Crippen molar-refractivity contribution in [3.63, 3.8) is 0 Å². The van der Waals surface area contributed by atoms with Crippen molar-refractivity contribution in [3.8, 4) is 0 Å². The van der Waals surface area contributed by atoms with Gasteiger partial charge >= 0.3 is 6.03 Å². The van der Waals surface area contributed by atoms with E-state index in [1.54, 1.807) is 11.8 Å². The molecule has 0 bridgehead atoms. The molecule has 0 saturated carbocycles. The maximum atomic E-state index is 12.0. The summed E-state index contributed by atoms with van der Waals surface area (Å²) in [5, 5.41) is 0.287. The summed E-state index contributed by atoms with van der Waals surface area (Å²) in [6.45, 7) is 10.0. The van der Waals surface area contributed by atoms with E-state index in [1.165, 1.54) is 0 Å². The standard InChI is InChI=1S/C10H20N2OS/c1-8(14-5)11-6-7-12(9(11)13)10(2,3)4/h8H,6-7H2,1-5H3. The van der Waals surface area contributed by atoms with Crippen LogP contribution in [-0.4, -0.2) is 46.1 Å². The summed E-state index contributed by atoms with van der Waals surface area (Å²) in [6, 6.07) is 0.180. The van der Waals surface area contributed by atoms with E-state index in [0.29, 0.717) is 0 Å². The van der Waals surface area contributed by atoms with Crippen molar-refractivity contribution in [2.45, 2.75) is 38.6 Å². The molecule has 1 saturated heterocycles. The number of hydrogen-bond acceptors (Lipinski definition) is 2. The van der Waals surface area contributed by atoms with Crippen LogP contribution >= 0.6 is 11.8 Å². The summed E-state index contributed by atoms with van der Waals surface area (Å²) < 4.78 is 0. The van der Waals surface area contributed by atoms with Gasteiger partial charge in [-0.05, 0) is 34.0 Å². The summed E-state index contributed by atoms with van der Waals surface area (Å²) >= 11 is 1.72. The fourth-order valence-corrected chi connectivity index (χ4v) is 2.09. The first-order chi connectivity index (χ1) is 6.38. The molecule has 3 nitrogen and oxygen atoms in total. The number of urea groups is 1. The molecule has 0 aromatic heterocycles. The molecule has 0 aromatic rings. The van der Waals surface area contributed by atoms with Gasteiger partial charge in [-0.15, -0.1) is 11.8 Å². The Morgan fingerprint density at radius 2 is 1.93 bits per heavy atom. The first kappa shape index (κ1) is 11.7. The van der Waals surface area contributed by atoms with E-state index in [0.717, 1.165) is 13.1 Å². The summed E-state index contributed by atoms with van der Waals surface area (Å²) in [4.78, 5) is 15.9. The summed E-state index contributed by atoms with van der Waals surface area (Å²) in [5.41, 5.74) is -0.0516. The summed E-state index contributed by atoms with van der Waals surface area (Å²) in [6.07, 6.45) is 2.04. The van der Waals surface area contributed by atoms with Gasteiger partial charge in [0.1, 0.15) is 0 Å². The normalized spacial score (nSPS) is 20.5. The maximum absolute atomic E-state index is 12.0. The molecule has 0 aromatic carbocycles. The van der Waals surface area contributed by atoms with Crippen molar-refractivity contribution < 1.29 is 4.79 Å². The molecule has 1 heterocycles. The number of amides is 2. The Labute approximate surface area is 90.8 Å². The number of hydrogen-bond donors (Lipinski definition) is 0. The molecule has 1 atom stereocenters. The Bertz CT molecular complexity index is 225. The first-order valence-electron chi connectivity index (χ1n) is 4.99. The third-order valence-electron chi connectivity index (χ3n) is 2.63. The van der Waals surface area contributed by atoms with E-state index >= 15 is 0 Å². The molecule has 2 amide bonds. The molecule has 14 heavy (non-hydrogen) atoms. The lowest BCUT2D eigenvalue weighted by Gasteiger charge is -2.32. The average Bonchev–Trinajstić information content (AvgIpc) is 2.45. The number of nitrogens with zero attached hydrogens (tertiary/aromatic N) is 2. The van der Waals surface area contributed by atoms with Crippen LogP contribution in [0.2, 0.25) is 0 Å². The highest BCUT2D eigenvalue weighted by molar-refractivity contribution is 7.99. The van der Waals surface area contributed by atoms with E-state index in [2.05, 4.69) is 27.7 Å². The zero-order valence-electron chi connectivity index (χ0n) is 9.70. The molecule has 1 rings (SSSR count). The van der Waals surface area contributed by atoms with Crippen LogP contribution in [0.25, 0.3) is 0 Å². The van der Waals surface area contributed by atoms with Crippen LogP contribution in [0, 0.1) is 0 Å². The highest BCUT2D eigenvalue weighted by Gasteiger charge is 2.37. The van der Waals surface area contributed by atoms with Gasteiger partial charge in [0, 0.05) is 18.6 Å². The van der Waals surface area contributed by atoms with Gasteiger partial charge in [-0.25, -0.2) is 4.79 Å². The Hall–Kier alpha value is -0.380. The van der Waals surface area contributed by atoms with E-state index < -0.39 is 0 Å². The van der Waals surface area contributed by atoms with Gasteiger partial charge in [0.15, 0.2) is 0 Å². The predicted molar refractivity (Wildman–Crippen MR) is 61.5 cm³/mol. The second kappa shape index (κ2) is 4.01. The fourth-order valence-electron chi connectivity index (χ4n) is 1.64. The highest BCUT2D eigenvalue weighted by atomic mass is 32.2. The lowest BCUT2D eigenvalue weighted by molar-refractivity contribution is 0.155. The minimum Gasteiger partial charge on any atom is -0.318 e. The summed E-state index contributed by atoms with van der Waals surface area (Å²) in [7, 11) is 0. The molecule has 0 radical (unpaired) electrons. The van der Waals surface area contributed by atoms with Crippen molar-refractivity contribution >= 4 is 17.8 Å². The second-order valence-corrected chi connectivity index (χ2v) is 5.79. The zero-order valence-corrected chi connectivity index (χ0v) is 10.5. The topological polar surface area (TPSA) is 23.6 Å². The number of carbonyl (C=O) groups is 1. The molecule has 1 aliphatic rings. The molecule has 0 spiro atoms. The zero-order chi connectivity index (χ0) is 10.9. The lowest BCUT2D eigenvalue weighted by atomic mass is 10.1. The van der Waals surface area contributed by atoms with Crippen LogP contribution in [0.1, 0.15) is 27.7 Å². The van der Waals surface area contributed by atoms with Gasteiger partial charge in [-0.2, -0.15) is 0 Å². The van der Waals surface area contributed by atoms with Crippen LogP contribution in [0.3, 0.4) is 0 Å².